The highest BCUT2D eigenvalue weighted by Gasteiger charge is 2.25. The number of phosphoric ester groups is 1. The Labute approximate surface area is 187 Å². The average Bonchev–Trinajstić information content (AvgIpc) is 2.67. The second kappa shape index (κ2) is 17.6. The molecule has 0 bridgehead atoms. The van der Waals surface area contributed by atoms with Crippen LogP contribution in [0, 0.1) is 0 Å². The Hall–Kier alpha value is -0.990. The number of hydrogen-bond donors (Lipinski definition) is 1. The number of esters is 1. The van der Waals surface area contributed by atoms with Gasteiger partial charge in [0.1, 0.15) is 19.8 Å². The van der Waals surface area contributed by atoms with Crippen molar-refractivity contribution in [1.29, 1.82) is 0 Å². The Morgan fingerprint density at radius 2 is 1.55 bits per heavy atom. The Morgan fingerprint density at radius 3 is 2.10 bits per heavy atom. The van der Waals surface area contributed by atoms with Crippen LogP contribution in [0.15, 0.2) is 0 Å². The smallest absolute Gasteiger partial charge is 0.462 e. The lowest BCUT2D eigenvalue weighted by atomic mass is 10.1. The second-order valence-electron chi connectivity index (χ2n) is 8.73. The molecule has 0 aliphatic heterocycles. The van der Waals surface area contributed by atoms with E-state index >= 15 is 0 Å². The molecule has 31 heavy (non-hydrogen) atoms. The molecule has 9 nitrogen and oxygen atoms in total. The third kappa shape index (κ3) is 20.7. The van der Waals surface area contributed by atoms with E-state index in [4.69, 9.17) is 18.5 Å². The first-order valence-corrected chi connectivity index (χ1v) is 12.8. The van der Waals surface area contributed by atoms with Gasteiger partial charge in [0.05, 0.1) is 27.7 Å². The van der Waals surface area contributed by atoms with Crippen LogP contribution in [0.2, 0.25) is 0 Å². The van der Waals surface area contributed by atoms with E-state index in [1.54, 1.807) is 0 Å². The van der Waals surface area contributed by atoms with Gasteiger partial charge in [0, 0.05) is 6.42 Å². The van der Waals surface area contributed by atoms with Crippen molar-refractivity contribution in [2.75, 3.05) is 47.5 Å². The number of ether oxygens (including phenoxy) is 2. The minimum Gasteiger partial charge on any atom is -0.462 e. The van der Waals surface area contributed by atoms with E-state index in [0.717, 1.165) is 19.3 Å². The van der Waals surface area contributed by atoms with Gasteiger partial charge in [0.25, 0.3) is 6.47 Å². The molecule has 0 heterocycles. The number of nitrogens with zero attached hydrogens (tertiary/aromatic N) is 1. The van der Waals surface area contributed by atoms with Crippen LogP contribution in [0.4, 0.5) is 0 Å². The maximum Gasteiger partial charge on any atom is 0.472 e. The first-order chi connectivity index (χ1) is 14.6. The first kappa shape index (κ1) is 30.0. The fraction of sp³-hybridized carbons (Fsp3) is 0.905. The molecule has 184 valence electrons. The van der Waals surface area contributed by atoms with Crippen molar-refractivity contribution >= 4 is 20.3 Å². The van der Waals surface area contributed by atoms with E-state index in [0.29, 0.717) is 11.0 Å². The maximum absolute atomic E-state index is 11.9. The van der Waals surface area contributed by atoms with Gasteiger partial charge < -0.3 is 18.9 Å². The molecule has 10 heteroatoms. The SMILES string of the molecule is CCCCCCCCCCCC(=O)OC[C@@H](COP(=O)(O)OCC[N+](C)(C)C)OC=O. The Balaban J connectivity index is 3.99. The van der Waals surface area contributed by atoms with Gasteiger partial charge in [-0.25, -0.2) is 4.57 Å². The van der Waals surface area contributed by atoms with Gasteiger partial charge in [-0.2, -0.15) is 0 Å². The minimum absolute atomic E-state index is 0.0320. The van der Waals surface area contributed by atoms with E-state index in [-0.39, 0.29) is 26.1 Å². The van der Waals surface area contributed by atoms with E-state index in [2.05, 4.69) is 6.92 Å². The summed E-state index contributed by atoms with van der Waals surface area (Å²) >= 11 is 0. The molecule has 0 fully saturated rings. The summed E-state index contributed by atoms with van der Waals surface area (Å²) in [6.07, 6.45) is 9.67. The van der Waals surface area contributed by atoms with Crippen molar-refractivity contribution in [2.45, 2.75) is 77.2 Å². The quantitative estimate of drug-likeness (QED) is 0.0890. The summed E-state index contributed by atoms with van der Waals surface area (Å²) in [6.45, 7) is 2.27. The van der Waals surface area contributed by atoms with Gasteiger partial charge in [-0.1, -0.05) is 58.3 Å². The Kier molecular flexibility index (Phi) is 17.0. The summed E-state index contributed by atoms with van der Waals surface area (Å²) in [6, 6.07) is 0. The average molecular weight is 469 g/mol. The van der Waals surface area contributed by atoms with E-state index in [1.165, 1.54) is 38.5 Å². The number of hydrogen-bond acceptors (Lipinski definition) is 7. The van der Waals surface area contributed by atoms with Crippen LogP contribution in [0.1, 0.15) is 71.1 Å². The molecule has 0 saturated carbocycles. The molecule has 1 unspecified atom stereocenters. The lowest BCUT2D eigenvalue weighted by Gasteiger charge is -2.24. The molecule has 0 aromatic heterocycles. The molecule has 0 rings (SSSR count). The molecule has 0 amide bonds. The highest BCUT2D eigenvalue weighted by atomic mass is 31.2. The van der Waals surface area contributed by atoms with E-state index < -0.39 is 26.5 Å². The third-order valence-corrected chi connectivity index (χ3v) is 5.59. The van der Waals surface area contributed by atoms with Crippen molar-refractivity contribution in [3.63, 3.8) is 0 Å². The monoisotopic (exact) mass is 468 g/mol. The van der Waals surface area contributed by atoms with Gasteiger partial charge in [-0.3, -0.25) is 18.6 Å². The normalized spacial score (nSPS) is 14.6. The highest BCUT2D eigenvalue weighted by Crippen LogP contribution is 2.43. The van der Waals surface area contributed by atoms with Crippen LogP contribution < -0.4 is 0 Å². The molecular formula is C21H43NO8P+. The van der Waals surface area contributed by atoms with Crippen LogP contribution in [0.3, 0.4) is 0 Å². The number of likely N-dealkylation sites (N-methyl/N-ethyl adjacent to an activating group) is 1. The fourth-order valence-electron chi connectivity index (χ4n) is 2.69. The summed E-state index contributed by atoms with van der Waals surface area (Å²) in [5.74, 6) is -0.395. The topological polar surface area (TPSA) is 108 Å². The van der Waals surface area contributed by atoms with Crippen molar-refractivity contribution in [1.82, 2.24) is 0 Å². The molecule has 2 atom stereocenters. The number of carbonyl (C=O) groups is 2. The fourth-order valence-corrected chi connectivity index (χ4v) is 3.43. The summed E-state index contributed by atoms with van der Waals surface area (Å²) in [5.41, 5.74) is 0. The zero-order valence-corrected chi connectivity index (χ0v) is 20.6. The second-order valence-corrected chi connectivity index (χ2v) is 10.2. The van der Waals surface area contributed by atoms with Crippen LogP contribution >= 0.6 is 7.82 Å². The summed E-state index contributed by atoms with van der Waals surface area (Å²) in [5, 5.41) is 0. The van der Waals surface area contributed by atoms with Crippen LogP contribution in [0.5, 0.6) is 0 Å². The molecule has 0 aliphatic rings. The van der Waals surface area contributed by atoms with Gasteiger partial charge in [0.2, 0.25) is 0 Å². The first-order valence-electron chi connectivity index (χ1n) is 11.3. The van der Waals surface area contributed by atoms with Crippen molar-refractivity contribution in [3.05, 3.63) is 0 Å². The molecule has 0 aliphatic carbocycles. The molecular weight excluding hydrogens is 425 g/mol. The zero-order valence-electron chi connectivity index (χ0n) is 19.8. The molecule has 0 aromatic carbocycles. The Morgan fingerprint density at radius 1 is 0.968 bits per heavy atom. The maximum atomic E-state index is 11.9. The van der Waals surface area contributed by atoms with Gasteiger partial charge >= 0.3 is 13.8 Å². The lowest BCUT2D eigenvalue weighted by molar-refractivity contribution is -0.870. The summed E-state index contributed by atoms with van der Waals surface area (Å²) in [4.78, 5) is 32.2. The van der Waals surface area contributed by atoms with Crippen molar-refractivity contribution < 1.29 is 42.1 Å². The number of carbonyl (C=O) groups excluding carboxylic acids is 2. The largest absolute Gasteiger partial charge is 0.472 e. The highest BCUT2D eigenvalue weighted by molar-refractivity contribution is 7.47. The molecule has 0 radical (unpaired) electrons. The summed E-state index contributed by atoms with van der Waals surface area (Å²) in [7, 11) is 1.47. The van der Waals surface area contributed by atoms with Crippen LogP contribution in [-0.4, -0.2) is 75.4 Å². The van der Waals surface area contributed by atoms with Crippen LogP contribution in [-0.2, 0) is 32.7 Å². The van der Waals surface area contributed by atoms with Gasteiger partial charge in [0.15, 0.2) is 6.10 Å². The Bertz CT molecular complexity index is 524. The molecule has 1 N–H and O–H groups in total. The molecule has 0 saturated heterocycles. The lowest BCUT2D eigenvalue weighted by Crippen LogP contribution is -2.37. The van der Waals surface area contributed by atoms with E-state index in [9.17, 15) is 19.0 Å². The molecule has 0 aromatic rings. The number of rotatable bonds is 21. The number of unbranched alkanes of at least 4 members (excludes halogenated alkanes) is 8. The minimum atomic E-state index is -4.29. The van der Waals surface area contributed by atoms with Crippen molar-refractivity contribution in [3.8, 4) is 0 Å². The zero-order chi connectivity index (χ0) is 23.6. The summed E-state index contributed by atoms with van der Waals surface area (Å²) < 4.78 is 32.1. The van der Waals surface area contributed by atoms with Crippen molar-refractivity contribution in [2.24, 2.45) is 0 Å². The van der Waals surface area contributed by atoms with E-state index in [1.807, 2.05) is 21.1 Å². The van der Waals surface area contributed by atoms with Gasteiger partial charge in [-0.05, 0) is 6.42 Å². The molecule has 0 spiro atoms. The number of quaternary nitrogens is 1. The standard InChI is InChI=1S/C21H42NO8P/c1-5-6-7-8-9-10-11-12-13-14-21(24)27-17-20(28-19-23)18-30-31(25,26)29-16-15-22(2,3)4/h19-20H,5-18H2,1-4H3/p+1/t20-/m0/s1. The predicted molar refractivity (Wildman–Crippen MR) is 118 cm³/mol. The third-order valence-electron chi connectivity index (χ3n) is 4.60. The van der Waals surface area contributed by atoms with Gasteiger partial charge in [-0.15, -0.1) is 0 Å². The predicted octanol–water partition coefficient (Wildman–Crippen LogP) is 3.83. The van der Waals surface area contributed by atoms with Crippen LogP contribution in [0.25, 0.3) is 0 Å². The number of phosphoric acid groups is 1.